The number of hydrogen-bond acceptors (Lipinski definition) is 5. The fourth-order valence-corrected chi connectivity index (χ4v) is 2.86. The van der Waals surface area contributed by atoms with Crippen molar-refractivity contribution < 1.29 is 13.2 Å². The minimum atomic E-state index is -4.54. The van der Waals surface area contributed by atoms with Crippen LogP contribution in [-0.2, 0) is 12.8 Å². The number of benzene rings is 1. The summed E-state index contributed by atoms with van der Waals surface area (Å²) in [6, 6.07) is 5.34. The number of alkyl halides is 3. The second kappa shape index (κ2) is 6.99. The lowest BCUT2D eigenvalue weighted by Gasteiger charge is -2.15. The molecule has 1 aromatic carbocycles. The van der Waals surface area contributed by atoms with Crippen LogP contribution in [0, 0.1) is 12.5 Å². The Balaban J connectivity index is 1.65. The first-order valence-electron chi connectivity index (χ1n) is 8.68. The zero-order valence-corrected chi connectivity index (χ0v) is 14.7. The third kappa shape index (κ3) is 3.69. The van der Waals surface area contributed by atoms with Gasteiger partial charge in [0.15, 0.2) is 0 Å². The molecule has 0 aliphatic heterocycles. The standard InChI is InChI=1S/C18H16F3N7/c1-22-10-28-15-4-2-3-14(12(15)8-25-28)26-17-24-9-13(18(19,20)21)16(27-17)23-7-11-5-6-11/h2-4,8-9,11H,5-7,10H2,(H2,23,24,26,27). The average Bonchev–Trinajstić information content (AvgIpc) is 3.40. The van der Waals surface area contributed by atoms with E-state index in [1.54, 1.807) is 23.0 Å². The van der Waals surface area contributed by atoms with Crippen LogP contribution in [0.15, 0.2) is 30.6 Å². The van der Waals surface area contributed by atoms with E-state index < -0.39 is 11.7 Å². The first-order valence-corrected chi connectivity index (χ1v) is 8.68. The van der Waals surface area contributed by atoms with E-state index in [9.17, 15) is 13.2 Å². The second-order valence-electron chi connectivity index (χ2n) is 6.58. The van der Waals surface area contributed by atoms with Crippen molar-refractivity contribution in [3.63, 3.8) is 0 Å². The Morgan fingerprint density at radius 3 is 2.79 bits per heavy atom. The predicted octanol–water partition coefficient (Wildman–Crippen LogP) is 4.29. The van der Waals surface area contributed by atoms with Crippen LogP contribution in [0.3, 0.4) is 0 Å². The Morgan fingerprint density at radius 1 is 1.25 bits per heavy atom. The Labute approximate surface area is 158 Å². The van der Waals surface area contributed by atoms with Gasteiger partial charge in [-0.05, 0) is 30.9 Å². The van der Waals surface area contributed by atoms with Crippen molar-refractivity contribution in [2.45, 2.75) is 25.7 Å². The number of rotatable bonds is 6. The van der Waals surface area contributed by atoms with Crippen LogP contribution in [0.2, 0.25) is 0 Å². The second-order valence-corrected chi connectivity index (χ2v) is 6.58. The van der Waals surface area contributed by atoms with Crippen LogP contribution >= 0.6 is 0 Å². The van der Waals surface area contributed by atoms with Gasteiger partial charge in [0.25, 0.3) is 0 Å². The fourth-order valence-electron chi connectivity index (χ4n) is 2.86. The number of nitrogens with one attached hydrogen (secondary N) is 2. The highest BCUT2D eigenvalue weighted by molar-refractivity contribution is 5.92. The van der Waals surface area contributed by atoms with Gasteiger partial charge in [-0.15, -0.1) is 0 Å². The van der Waals surface area contributed by atoms with Crippen LogP contribution in [0.1, 0.15) is 18.4 Å². The van der Waals surface area contributed by atoms with Crippen LogP contribution in [0.5, 0.6) is 0 Å². The molecule has 0 radical (unpaired) electrons. The van der Waals surface area contributed by atoms with Gasteiger partial charge in [0.2, 0.25) is 5.95 Å². The highest BCUT2D eigenvalue weighted by Gasteiger charge is 2.35. The van der Waals surface area contributed by atoms with Crippen LogP contribution in [0.4, 0.5) is 30.6 Å². The summed E-state index contributed by atoms with van der Waals surface area (Å²) >= 11 is 0. The normalized spacial score (nSPS) is 14.1. The molecule has 0 saturated heterocycles. The molecule has 1 aliphatic rings. The Bertz CT molecular complexity index is 1050. The summed E-state index contributed by atoms with van der Waals surface area (Å²) in [6.45, 7) is 7.52. The van der Waals surface area contributed by atoms with Gasteiger partial charge in [0, 0.05) is 18.1 Å². The number of halogens is 3. The minimum absolute atomic E-state index is 0.0525. The summed E-state index contributed by atoms with van der Waals surface area (Å²) in [5, 5.41) is 10.7. The largest absolute Gasteiger partial charge is 0.421 e. The molecule has 1 saturated carbocycles. The minimum Gasteiger partial charge on any atom is -0.369 e. The fraction of sp³-hybridized carbons (Fsp3) is 0.333. The molecule has 2 N–H and O–H groups in total. The number of nitrogens with zero attached hydrogens (tertiary/aromatic N) is 5. The first kappa shape index (κ1) is 18.0. The van der Waals surface area contributed by atoms with Gasteiger partial charge in [-0.3, -0.25) is 4.85 Å². The van der Waals surface area contributed by atoms with Gasteiger partial charge in [-0.25, -0.2) is 11.6 Å². The smallest absolute Gasteiger partial charge is 0.369 e. The van der Waals surface area contributed by atoms with Crippen molar-refractivity contribution in [2.75, 3.05) is 17.2 Å². The van der Waals surface area contributed by atoms with Crippen LogP contribution in [0.25, 0.3) is 15.7 Å². The first-order chi connectivity index (χ1) is 13.5. The van der Waals surface area contributed by atoms with Gasteiger partial charge in [0.05, 0.1) is 17.4 Å². The molecule has 4 rings (SSSR count). The molecule has 1 aliphatic carbocycles. The monoisotopic (exact) mass is 387 g/mol. The third-order valence-corrected chi connectivity index (χ3v) is 4.49. The lowest BCUT2D eigenvalue weighted by molar-refractivity contribution is -0.137. The maximum absolute atomic E-state index is 13.3. The van der Waals surface area contributed by atoms with Gasteiger partial charge < -0.3 is 10.6 Å². The molecule has 144 valence electrons. The number of aromatic nitrogens is 4. The lowest BCUT2D eigenvalue weighted by atomic mass is 10.2. The maximum atomic E-state index is 13.3. The molecule has 2 aromatic heterocycles. The average molecular weight is 387 g/mol. The summed E-state index contributed by atoms with van der Waals surface area (Å²) in [5.41, 5.74) is 0.448. The molecule has 0 amide bonds. The molecule has 28 heavy (non-hydrogen) atoms. The molecule has 2 heterocycles. The van der Waals surface area contributed by atoms with Gasteiger partial charge in [-0.2, -0.15) is 27.9 Å². The molecular weight excluding hydrogens is 371 g/mol. The van der Waals surface area contributed by atoms with E-state index in [0.717, 1.165) is 29.9 Å². The van der Waals surface area contributed by atoms with E-state index in [-0.39, 0.29) is 18.4 Å². The van der Waals surface area contributed by atoms with Gasteiger partial charge >= 0.3 is 12.8 Å². The van der Waals surface area contributed by atoms with Gasteiger partial charge in [0.1, 0.15) is 11.4 Å². The topological polar surface area (TPSA) is 72.0 Å². The molecular formula is C18H16F3N7. The van der Waals surface area contributed by atoms with Gasteiger partial charge in [-0.1, -0.05) is 6.07 Å². The van der Waals surface area contributed by atoms with E-state index in [4.69, 9.17) is 6.57 Å². The maximum Gasteiger partial charge on any atom is 0.421 e. The van der Waals surface area contributed by atoms with Crippen molar-refractivity contribution in [2.24, 2.45) is 5.92 Å². The molecule has 0 unspecified atom stereocenters. The zero-order chi connectivity index (χ0) is 19.7. The molecule has 10 heteroatoms. The van der Waals surface area contributed by atoms with E-state index in [0.29, 0.717) is 18.2 Å². The van der Waals surface area contributed by atoms with Crippen LogP contribution in [-0.4, -0.2) is 26.3 Å². The van der Waals surface area contributed by atoms with Crippen molar-refractivity contribution in [3.05, 3.63) is 47.6 Å². The summed E-state index contributed by atoms with van der Waals surface area (Å²) < 4.78 is 41.3. The SMILES string of the molecule is [C-]#[N+]Cn1ncc2c(Nc3ncc(C(F)(F)F)c(NCC4CC4)n3)cccc21. The highest BCUT2D eigenvalue weighted by atomic mass is 19.4. The lowest BCUT2D eigenvalue weighted by Crippen LogP contribution is -2.15. The molecule has 0 spiro atoms. The summed E-state index contributed by atoms with van der Waals surface area (Å²) in [4.78, 5) is 11.2. The van der Waals surface area contributed by atoms with Crippen molar-refractivity contribution in [1.82, 2.24) is 19.7 Å². The zero-order valence-electron chi connectivity index (χ0n) is 14.7. The molecule has 1 fully saturated rings. The number of hydrogen-bond donors (Lipinski definition) is 2. The third-order valence-electron chi connectivity index (χ3n) is 4.49. The quantitative estimate of drug-likeness (QED) is 0.618. The van der Waals surface area contributed by atoms with E-state index in [1.165, 1.54) is 0 Å². The summed E-state index contributed by atoms with van der Waals surface area (Å²) in [7, 11) is 0. The highest BCUT2D eigenvalue weighted by Crippen LogP contribution is 2.36. The Hall–Kier alpha value is -3.35. The molecule has 0 bridgehead atoms. The van der Waals surface area contributed by atoms with Crippen molar-refractivity contribution in [1.29, 1.82) is 0 Å². The van der Waals surface area contributed by atoms with E-state index in [2.05, 4.69) is 30.5 Å². The molecule has 7 nitrogen and oxygen atoms in total. The van der Waals surface area contributed by atoms with E-state index in [1.807, 2.05) is 6.07 Å². The Morgan fingerprint density at radius 2 is 2.07 bits per heavy atom. The van der Waals surface area contributed by atoms with E-state index >= 15 is 0 Å². The summed E-state index contributed by atoms with van der Waals surface area (Å²) in [5.74, 6) is 0.221. The van der Waals surface area contributed by atoms with Crippen LogP contribution < -0.4 is 10.6 Å². The predicted molar refractivity (Wildman–Crippen MR) is 97.9 cm³/mol. The van der Waals surface area contributed by atoms with Crippen molar-refractivity contribution in [3.8, 4) is 0 Å². The molecule has 3 aromatic rings. The number of anilines is 3. The molecule has 0 atom stereocenters. The Kier molecular flexibility index (Phi) is 4.50. The van der Waals surface area contributed by atoms with Crippen molar-refractivity contribution >= 4 is 28.4 Å². The summed E-state index contributed by atoms with van der Waals surface area (Å²) in [6.07, 6.45) is -0.125. The number of fused-ring (bicyclic) bond motifs is 1.